The number of aromatic hydroxyl groups is 1. The zero-order chi connectivity index (χ0) is 19.1. The Morgan fingerprint density at radius 2 is 1.85 bits per heavy atom. The molecule has 2 aromatic rings. The van der Waals surface area contributed by atoms with E-state index in [1.807, 2.05) is 6.07 Å². The highest BCUT2D eigenvalue weighted by atomic mass is 32.2. The minimum absolute atomic E-state index is 0.104. The molecule has 2 heterocycles. The van der Waals surface area contributed by atoms with Crippen LogP contribution in [0.25, 0.3) is 11.1 Å². The molecule has 0 bridgehead atoms. The number of phenolic OH excluding ortho intramolecular Hbond substituents is 1. The number of likely N-dealkylation sites (N-methyl/N-ethyl adjacent to an activating group) is 1. The summed E-state index contributed by atoms with van der Waals surface area (Å²) >= 11 is 0. The van der Waals surface area contributed by atoms with Crippen molar-refractivity contribution in [3.8, 4) is 34.1 Å². The number of benzene rings is 2. The van der Waals surface area contributed by atoms with Crippen LogP contribution in [0.1, 0.15) is 22.7 Å². The van der Waals surface area contributed by atoms with Gasteiger partial charge in [-0.2, -0.15) is 8.42 Å². The van der Waals surface area contributed by atoms with Gasteiger partial charge in [0.15, 0.2) is 27.9 Å². The van der Waals surface area contributed by atoms with Crippen LogP contribution in [0.4, 0.5) is 0 Å². The molecule has 8 heteroatoms. The van der Waals surface area contributed by atoms with E-state index in [1.54, 1.807) is 6.07 Å². The van der Waals surface area contributed by atoms with Gasteiger partial charge in [0.25, 0.3) is 0 Å². The predicted molar refractivity (Wildman–Crippen MR) is 97.2 cm³/mol. The van der Waals surface area contributed by atoms with E-state index in [1.165, 1.54) is 14.2 Å². The van der Waals surface area contributed by atoms with Gasteiger partial charge in [0.05, 0.1) is 14.2 Å². The van der Waals surface area contributed by atoms with E-state index < -0.39 is 15.9 Å². The van der Waals surface area contributed by atoms with E-state index in [-0.39, 0.29) is 22.4 Å². The Kier molecular flexibility index (Phi) is 3.28. The van der Waals surface area contributed by atoms with Crippen molar-refractivity contribution in [2.24, 2.45) is 0 Å². The second kappa shape index (κ2) is 5.30. The molecule has 0 saturated heterocycles. The third-order valence-electron chi connectivity index (χ3n) is 5.82. The van der Waals surface area contributed by atoms with Gasteiger partial charge in [-0.15, -0.1) is 0 Å². The molecule has 142 valence electrons. The van der Waals surface area contributed by atoms with E-state index in [0.29, 0.717) is 23.3 Å². The summed E-state index contributed by atoms with van der Waals surface area (Å²) in [5.41, 5.74) is 4.23. The van der Waals surface area contributed by atoms with Crippen LogP contribution in [-0.2, 0) is 23.0 Å². The number of hydrogen-bond acceptors (Lipinski definition) is 7. The molecule has 0 saturated carbocycles. The molecule has 7 nitrogen and oxygen atoms in total. The first-order valence-corrected chi connectivity index (χ1v) is 10.1. The van der Waals surface area contributed by atoms with Gasteiger partial charge in [-0.1, -0.05) is 0 Å². The maximum absolute atomic E-state index is 12.9. The average molecular weight is 389 g/mol. The highest BCUT2D eigenvalue weighted by molar-refractivity contribution is 7.87. The van der Waals surface area contributed by atoms with Crippen molar-refractivity contribution in [2.45, 2.75) is 23.8 Å². The van der Waals surface area contributed by atoms with Crippen molar-refractivity contribution >= 4 is 10.1 Å². The fourth-order valence-corrected chi connectivity index (χ4v) is 5.87. The monoisotopic (exact) mass is 389 g/mol. The van der Waals surface area contributed by atoms with Crippen molar-refractivity contribution in [3.05, 3.63) is 28.8 Å². The average Bonchev–Trinajstić information content (AvgIpc) is 2.64. The first-order valence-electron chi connectivity index (χ1n) is 8.69. The number of rotatable bonds is 2. The molecule has 0 amide bonds. The summed E-state index contributed by atoms with van der Waals surface area (Å²) in [4.78, 5) is 2.05. The Balaban J connectivity index is 1.98. The van der Waals surface area contributed by atoms with Crippen LogP contribution in [0.2, 0.25) is 0 Å². The van der Waals surface area contributed by atoms with Crippen LogP contribution in [0.5, 0.6) is 23.0 Å². The summed E-state index contributed by atoms with van der Waals surface area (Å²) < 4.78 is 41.9. The van der Waals surface area contributed by atoms with Crippen molar-refractivity contribution in [1.82, 2.24) is 4.90 Å². The van der Waals surface area contributed by atoms with Gasteiger partial charge in [0.2, 0.25) is 0 Å². The second-order valence-corrected chi connectivity index (χ2v) is 8.62. The molecule has 0 radical (unpaired) electrons. The molecule has 0 fully saturated rings. The summed E-state index contributed by atoms with van der Waals surface area (Å²) in [5.74, 6) is 0.310. The zero-order valence-electron chi connectivity index (χ0n) is 15.2. The number of nitrogens with zero attached hydrogens (tertiary/aromatic N) is 1. The van der Waals surface area contributed by atoms with Gasteiger partial charge in [-0.25, -0.2) is 0 Å². The fraction of sp³-hybridized carbons (Fsp3) is 0.368. The molecule has 3 aliphatic rings. The van der Waals surface area contributed by atoms with Crippen LogP contribution < -0.4 is 13.7 Å². The van der Waals surface area contributed by atoms with E-state index in [0.717, 1.165) is 29.7 Å². The van der Waals surface area contributed by atoms with Gasteiger partial charge in [-0.3, -0.25) is 4.90 Å². The first kappa shape index (κ1) is 16.7. The molecule has 2 aliphatic heterocycles. The lowest BCUT2D eigenvalue weighted by molar-refractivity contribution is 0.226. The molecular weight excluding hydrogens is 370 g/mol. The first-order chi connectivity index (χ1) is 12.9. The molecule has 1 aliphatic carbocycles. The maximum atomic E-state index is 12.9. The minimum atomic E-state index is -4.21. The molecule has 1 atom stereocenters. The van der Waals surface area contributed by atoms with Gasteiger partial charge < -0.3 is 18.8 Å². The summed E-state index contributed by atoms with van der Waals surface area (Å²) in [6.45, 7) is 0.899. The predicted octanol–water partition coefficient (Wildman–Crippen LogP) is 2.24. The Labute approximate surface area is 157 Å². The maximum Gasteiger partial charge on any atom is 0.343 e. The van der Waals surface area contributed by atoms with E-state index in [2.05, 4.69) is 11.9 Å². The molecule has 1 N–H and O–H groups in total. The topological polar surface area (TPSA) is 85.3 Å². The van der Waals surface area contributed by atoms with Gasteiger partial charge >= 0.3 is 10.1 Å². The number of methoxy groups -OCH3 is 2. The van der Waals surface area contributed by atoms with Crippen LogP contribution >= 0.6 is 0 Å². The van der Waals surface area contributed by atoms with Crippen molar-refractivity contribution in [3.63, 3.8) is 0 Å². The molecule has 27 heavy (non-hydrogen) atoms. The fourth-order valence-electron chi connectivity index (χ4n) is 4.58. The lowest BCUT2D eigenvalue weighted by Crippen LogP contribution is -2.37. The van der Waals surface area contributed by atoms with Gasteiger partial charge in [0.1, 0.15) is 0 Å². The quantitative estimate of drug-likeness (QED) is 0.789. The lowest BCUT2D eigenvalue weighted by atomic mass is 9.76. The smallest absolute Gasteiger partial charge is 0.343 e. The van der Waals surface area contributed by atoms with Crippen molar-refractivity contribution < 1.29 is 27.2 Å². The third-order valence-corrected chi connectivity index (χ3v) is 7.10. The minimum Gasteiger partial charge on any atom is -0.503 e. The second-order valence-electron chi connectivity index (χ2n) is 7.13. The largest absolute Gasteiger partial charge is 0.503 e. The Morgan fingerprint density at radius 1 is 1.15 bits per heavy atom. The van der Waals surface area contributed by atoms with Crippen LogP contribution in [-0.4, -0.2) is 46.2 Å². The van der Waals surface area contributed by atoms with Gasteiger partial charge in [0, 0.05) is 23.7 Å². The highest BCUT2D eigenvalue weighted by Gasteiger charge is 2.45. The van der Waals surface area contributed by atoms with Crippen LogP contribution in [0, 0.1) is 0 Å². The molecule has 2 aromatic carbocycles. The zero-order valence-corrected chi connectivity index (χ0v) is 16.0. The van der Waals surface area contributed by atoms with Crippen LogP contribution in [0.3, 0.4) is 0 Å². The van der Waals surface area contributed by atoms with Crippen LogP contribution in [0.15, 0.2) is 17.0 Å². The SMILES string of the molecule is COc1cc2c3c(c1O)S(=O)(=O)Oc1c(OC)cc4c(c1-3)C(C2)N(C)CC4. The summed E-state index contributed by atoms with van der Waals surface area (Å²) in [6, 6.07) is 3.71. The third kappa shape index (κ3) is 2.02. The summed E-state index contributed by atoms with van der Waals surface area (Å²) in [6.07, 6.45) is 1.47. The lowest BCUT2D eigenvalue weighted by Gasteiger charge is -2.42. The normalized spacial score (nSPS) is 21.2. The van der Waals surface area contributed by atoms with Crippen molar-refractivity contribution in [2.75, 3.05) is 27.8 Å². The molecule has 0 aromatic heterocycles. The van der Waals surface area contributed by atoms with Gasteiger partial charge in [-0.05, 0) is 48.7 Å². The number of phenols is 1. The molecule has 5 rings (SSSR count). The number of ether oxygens (including phenoxy) is 2. The molecule has 0 spiro atoms. The van der Waals surface area contributed by atoms with E-state index in [9.17, 15) is 13.5 Å². The van der Waals surface area contributed by atoms with E-state index >= 15 is 0 Å². The Morgan fingerprint density at radius 3 is 2.56 bits per heavy atom. The molecular formula is C19H19NO6S. The summed E-state index contributed by atoms with van der Waals surface area (Å²) in [7, 11) is 0.752. The summed E-state index contributed by atoms with van der Waals surface area (Å²) in [5, 5.41) is 10.6. The van der Waals surface area contributed by atoms with Crippen molar-refractivity contribution in [1.29, 1.82) is 0 Å². The van der Waals surface area contributed by atoms with E-state index in [4.69, 9.17) is 13.7 Å². The standard InChI is InChI=1S/C19H19NO6S/c1-20-5-4-9-7-13(25-3)18-16-14(9)11(20)6-10-8-12(24-2)17(21)19(15(10)16)27(22,23)26-18/h7-8,11,21H,4-6H2,1-3H3. The Bertz CT molecular complexity index is 1110. The highest BCUT2D eigenvalue weighted by Crippen LogP contribution is 2.59. The molecule has 1 unspecified atom stereocenters. The number of hydrogen-bond donors (Lipinski definition) is 1. The Hall–Kier alpha value is -2.45.